The molecule has 1 aromatic rings. The molecule has 1 fully saturated rings. The number of aryl methyl sites for hydroxylation is 1. The molecule has 0 aliphatic carbocycles. The highest BCUT2D eigenvalue weighted by atomic mass is 35.5. The monoisotopic (exact) mass is 240 g/mol. The van der Waals surface area contributed by atoms with Crippen LogP contribution in [0.3, 0.4) is 0 Å². The lowest BCUT2D eigenvalue weighted by molar-refractivity contribution is -0.117. The maximum Gasteiger partial charge on any atom is 0.228 e. The molecule has 88 valence electrons. The van der Waals surface area contributed by atoms with Crippen molar-refractivity contribution in [1.29, 1.82) is 0 Å². The highest BCUT2D eigenvalue weighted by Crippen LogP contribution is 2.26. The zero-order valence-electron chi connectivity index (χ0n) is 9.56. The van der Waals surface area contributed by atoms with E-state index in [9.17, 15) is 4.79 Å². The van der Waals surface area contributed by atoms with Crippen LogP contribution in [0.2, 0.25) is 0 Å². The molecule has 3 nitrogen and oxygen atoms in total. The van der Waals surface area contributed by atoms with Gasteiger partial charge in [-0.15, -0.1) is 12.4 Å². The Labute approximate surface area is 102 Å². The van der Waals surface area contributed by atoms with Crippen molar-refractivity contribution in [3.8, 4) is 0 Å². The molecule has 0 saturated carbocycles. The van der Waals surface area contributed by atoms with Gasteiger partial charge >= 0.3 is 0 Å². The first-order valence-corrected chi connectivity index (χ1v) is 5.21. The average Bonchev–Trinajstić information content (AvgIpc) is 2.50. The summed E-state index contributed by atoms with van der Waals surface area (Å²) in [6, 6.07) is 6.00. The molecule has 1 aromatic carbocycles. The maximum atomic E-state index is 11.7. The zero-order valence-corrected chi connectivity index (χ0v) is 10.4. The van der Waals surface area contributed by atoms with E-state index in [0.29, 0.717) is 13.0 Å². The van der Waals surface area contributed by atoms with E-state index in [1.807, 2.05) is 19.1 Å². The normalized spacial score (nSPS) is 19.8. The van der Waals surface area contributed by atoms with Crippen LogP contribution in [0.15, 0.2) is 18.2 Å². The Kier molecular flexibility index (Phi) is 3.94. The molecule has 1 unspecified atom stereocenters. The lowest BCUT2D eigenvalue weighted by Crippen LogP contribution is -2.28. The number of nitrogens with zero attached hydrogens (tertiary/aromatic N) is 1. The van der Waals surface area contributed by atoms with Crippen LogP contribution in [-0.2, 0) is 4.79 Å². The third-order valence-electron chi connectivity index (χ3n) is 3.02. The summed E-state index contributed by atoms with van der Waals surface area (Å²) in [5.41, 5.74) is 9.16. The summed E-state index contributed by atoms with van der Waals surface area (Å²) in [5, 5.41) is 0. The van der Waals surface area contributed by atoms with Crippen LogP contribution in [0, 0.1) is 13.8 Å². The molecule has 16 heavy (non-hydrogen) atoms. The molecule has 0 spiro atoms. The molecule has 1 saturated heterocycles. The molecule has 1 aliphatic heterocycles. The minimum atomic E-state index is -0.0163. The predicted molar refractivity (Wildman–Crippen MR) is 68.1 cm³/mol. The quantitative estimate of drug-likeness (QED) is 0.814. The van der Waals surface area contributed by atoms with E-state index >= 15 is 0 Å². The van der Waals surface area contributed by atoms with E-state index in [2.05, 4.69) is 13.0 Å². The minimum absolute atomic E-state index is 0. The van der Waals surface area contributed by atoms with Gasteiger partial charge in [-0.3, -0.25) is 4.79 Å². The Balaban J connectivity index is 0.00000128. The largest absolute Gasteiger partial charge is 0.326 e. The van der Waals surface area contributed by atoms with Crippen molar-refractivity contribution in [3.05, 3.63) is 29.3 Å². The molecule has 2 rings (SSSR count). The fourth-order valence-corrected chi connectivity index (χ4v) is 2.00. The molecule has 1 heterocycles. The molecule has 0 bridgehead atoms. The summed E-state index contributed by atoms with van der Waals surface area (Å²) >= 11 is 0. The van der Waals surface area contributed by atoms with Gasteiger partial charge in [0.05, 0.1) is 0 Å². The number of nitrogens with two attached hydrogens (primary N) is 1. The second-order valence-electron chi connectivity index (χ2n) is 4.19. The molecule has 4 heteroatoms. The Hall–Kier alpha value is -1.06. The van der Waals surface area contributed by atoms with Crippen molar-refractivity contribution in [3.63, 3.8) is 0 Å². The van der Waals surface area contributed by atoms with Crippen LogP contribution < -0.4 is 10.6 Å². The van der Waals surface area contributed by atoms with E-state index in [1.165, 1.54) is 11.1 Å². The van der Waals surface area contributed by atoms with Gasteiger partial charge in [0.25, 0.3) is 0 Å². The fraction of sp³-hybridized carbons (Fsp3) is 0.417. The van der Waals surface area contributed by atoms with Crippen molar-refractivity contribution in [2.45, 2.75) is 26.3 Å². The predicted octanol–water partition coefficient (Wildman–Crippen LogP) is 1.79. The van der Waals surface area contributed by atoms with Crippen molar-refractivity contribution >= 4 is 24.0 Å². The van der Waals surface area contributed by atoms with Crippen LogP contribution in [0.4, 0.5) is 5.69 Å². The number of rotatable bonds is 1. The summed E-state index contributed by atoms with van der Waals surface area (Å²) in [4.78, 5) is 13.5. The van der Waals surface area contributed by atoms with Gasteiger partial charge in [0.2, 0.25) is 5.91 Å². The first-order chi connectivity index (χ1) is 7.09. The average molecular weight is 241 g/mol. The van der Waals surface area contributed by atoms with E-state index in [0.717, 1.165) is 5.69 Å². The summed E-state index contributed by atoms with van der Waals surface area (Å²) < 4.78 is 0. The number of halogens is 1. The van der Waals surface area contributed by atoms with Gasteiger partial charge in [-0.25, -0.2) is 0 Å². The third-order valence-corrected chi connectivity index (χ3v) is 3.02. The second kappa shape index (κ2) is 4.85. The van der Waals surface area contributed by atoms with Crippen molar-refractivity contribution < 1.29 is 4.79 Å². The number of carbonyl (C=O) groups is 1. The van der Waals surface area contributed by atoms with Gasteiger partial charge in [-0.05, 0) is 31.0 Å². The molecular weight excluding hydrogens is 224 g/mol. The highest BCUT2D eigenvalue weighted by Gasteiger charge is 2.28. The number of hydrogen-bond donors (Lipinski definition) is 1. The number of hydrogen-bond acceptors (Lipinski definition) is 2. The molecular formula is C12H17ClN2O. The van der Waals surface area contributed by atoms with Crippen molar-refractivity contribution in [1.82, 2.24) is 0 Å². The maximum absolute atomic E-state index is 11.7. The van der Waals surface area contributed by atoms with Gasteiger partial charge in [0, 0.05) is 24.7 Å². The lowest BCUT2D eigenvalue weighted by Gasteiger charge is -2.19. The second-order valence-corrected chi connectivity index (χ2v) is 4.19. The van der Waals surface area contributed by atoms with Gasteiger partial charge in [-0.2, -0.15) is 0 Å². The highest BCUT2D eigenvalue weighted by molar-refractivity contribution is 5.97. The van der Waals surface area contributed by atoms with Gasteiger partial charge < -0.3 is 10.6 Å². The Morgan fingerprint density at radius 2 is 2.06 bits per heavy atom. The smallest absolute Gasteiger partial charge is 0.228 e. The van der Waals surface area contributed by atoms with Gasteiger partial charge in [0.15, 0.2) is 0 Å². The summed E-state index contributed by atoms with van der Waals surface area (Å²) in [7, 11) is 0. The van der Waals surface area contributed by atoms with Crippen LogP contribution in [0.25, 0.3) is 0 Å². The summed E-state index contributed by atoms with van der Waals surface area (Å²) in [6.07, 6.45) is 0.466. The Morgan fingerprint density at radius 3 is 2.62 bits per heavy atom. The molecule has 1 atom stereocenters. The first kappa shape index (κ1) is 13.0. The van der Waals surface area contributed by atoms with Crippen LogP contribution in [-0.4, -0.2) is 18.5 Å². The van der Waals surface area contributed by atoms with E-state index in [1.54, 1.807) is 4.90 Å². The Bertz CT molecular complexity index is 406. The van der Waals surface area contributed by atoms with Gasteiger partial charge in [0.1, 0.15) is 0 Å². The number of carbonyl (C=O) groups excluding carboxylic acids is 1. The van der Waals surface area contributed by atoms with Crippen molar-refractivity contribution in [2.75, 3.05) is 11.4 Å². The number of benzene rings is 1. The zero-order chi connectivity index (χ0) is 11.0. The van der Waals surface area contributed by atoms with Gasteiger partial charge in [-0.1, -0.05) is 12.1 Å². The van der Waals surface area contributed by atoms with E-state index < -0.39 is 0 Å². The SMILES string of the molecule is Cc1cccc(N2CC(N)CC2=O)c1C.Cl. The molecule has 0 radical (unpaired) electrons. The fourth-order valence-electron chi connectivity index (χ4n) is 2.00. The van der Waals surface area contributed by atoms with E-state index in [4.69, 9.17) is 5.73 Å². The third kappa shape index (κ3) is 2.20. The standard InChI is InChI=1S/C12H16N2O.ClH/c1-8-4-3-5-11(9(8)2)14-7-10(13)6-12(14)15;/h3-5,10H,6-7,13H2,1-2H3;1H. The molecule has 2 N–H and O–H groups in total. The molecule has 1 amide bonds. The van der Waals surface area contributed by atoms with Crippen LogP contribution in [0.5, 0.6) is 0 Å². The Morgan fingerprint density at radius 1 is 1.38 bits per heavy atom. The first-order valence-electron chi connectivity index (χ1n) is 5.21. The summed E-state index contributed by atoms with van der Waals surface area (Å²) in [6.45, 7) is 4.74. The summed E-state index contributed by atoms with van der Waals surface area (Å²) in [5.74, 6) is 0.135. The minimum Gasteiger partial charge on any atom is -0.326 e. The van der Waals surface area contributed by atoms with Crippen LogP contribution in [0.1, 0.15) is 17.5 Å². The number of amides is 1. The van der Waals surface area contributed by atoms with Crippen LogP contribution >= 0.6 is 12.4 Å². The van der Waals surface area contributed by atoms with E-state index in [-0.39, 0.29) is 24.4 Å². The topological polar surface area (TPSA) is 46.3 Å². The van der Waals surface area contributed by atoms with Crippen molar-refractivity contribution in [2.24, 2.45) is 5.73 Å². The number of anilines is 1. The molecule has 1 aliphatic rings. The molecule has 0 aromatic heterocycles. The lowest BCUT2D eigenvalue weighted by atomic mass is 10.1.